The Morgan fingerprint density at radius 3 is 2.81 bits per heavy atom. The monoisotopic (exact) mass is 287 g/mol. The van der Waals surface area contributed by atoms with Crippen molar-refractivity contribution in [1.29, 1.82) is 0 Å². The minimum absolute atomic E-state index is 0.0926. The third-order valence-electron chi connectivity index (χ3n) is 4.47. The Bertz CT molecular complexity index is 643. The molecule has 0 saturated carbocycles. The number of nitrogens with one attached hydrogen (secondary N) is 1. The van der Waals surface area contributed by atoms with E-state index in [0.717, 1.165) is 48.6 Å². The highest BCUT2D eigenvalue weighted by Crippen LogP contribution is 2.29. The van der Waals surface area contributed by atoms with Crippen LogP contribution in [0.4, 0.5) is 0 Å². The quantitative estimate of drug-likeness (QED) is 0.923. The molecule has 0 bridgehead atoms. The fraction of sp³-hybridized carbons (Fsp3) is 0.500. The number of hydrogen-bond acceptors (Lipinski definition) is 3. The van der Waals surface area contributed by atoms with Crippen molar-refractivity contribution in [3.63, 3.8) is 0 Å². The fourth-order valence-corrected chi connectivity index (χ4v) is 3.18. The lowest BCUT2D eigenvalue weighted by Crippen LogP contribution is -2.39. The summed E-state index contributed by atoms with van der Waals surface area (Å²) in [5.74, 6) is 2.02. The van der Waals surface area contributed by atoms with Crippen LogP contribution in [-0.2, 0) is 0 Å². The molecule has 0 spiro atoms. The number of carbonyl (C=O) groups excluding carboxylic acids is 1. The Morgan fingerprint density at radius 1 is 1.38 bits per heavy atom. The van der Waals surface area contributed by atoms with Gasteiger partial charge in [0.15, 0.2) is 0 Å². The zero-order chi connectivity index (χ0) is 15.0. The average molecular weight is 287 g/mol. The summed E-state index contributed by atoms with van der Waals surface area (Å²) in [6.45, 7) is 7.29. The first-order chi connectivity index (χ1) is 10.1. The lowest BCUT2D eigenvalue weighted by Gasteiger charge is -2.32. The van der Waals surface area contributed by atoms with Gasteiger partial charge >= 0.3 is 0 Å². The third-order valence-corrected chi connectivity index (χ3v) is 4.47. The van der Waals surface area contributed by atoms with Gasteiger partial charge in [0.05, 0.1) is 11.8 Å². The molecule has 3 rings (SSSR count). The second kappa shape index (κ2) is 5.39. The summed E-state index contributed by atoms with van der Waals surface area (Å²) in [6.07, 6.45) is 5.91. The van der Waals surface area contributed by atoms with Crippen molar-refractivity contribution in [1.82, 2.24) is 15.1 Å². The van der Waals surface area contributed by atoms with E-state index in [2.05, 4.69) is 10.2 Å². The van der Waals surface area contributed by atoms with E-state index in [1.807, 2.05) is 38.1 Å². The SMILES string of the molecule is Cc1oc(C)c(C(=O)N2CCC[C@@H](c3cn[nH]c3)C2)c1C. The lowest BCUT2D eigenvalue weighted by molar-refractivity contribution is 0.0704. The van der Waals surface area contributed by atoms with E-state index < -0.39 is 0 Å². The maximum atomic E-state index is 12.8. The summed E-state index contributed by atoms with van der Waals surface area (Å²) in [4.78, 5) is 14.8. The molecule has 1 aliphatic heterocycles. The molecule has 1 amide bonds. The van der Waals surface area contributed by atoms with Crippen LogP contribution in [0, 0.1) is 20.8 Å². The second-order valence-electron chi connectivity index (χ2n) is 5.84. The zero-order valence-corrected chi connectivity index (χ0v) is 12.8. The van der Waals surface area contributed by atoms with Crippen molar-refractivity contribution < 1.29 is 9.21 Å². The summed E-state index contributed by atoms with van der Waals surface area (Å²) in [5, 5.41) is 6.87. The Balaban J connectivity index is 1.81. The highest BCUT2D eigenvalue weighted by atomic mass is 16.3. The van der Waals surface area contributed by atoms with Crippen molar-refractivity contribution >= 4 is 5.91 Å². The van der Waals surface area contributed by atoms with E-state index >= 15 is 0 Å². The van der Waals surface area contributed by atoms with Crippen molar-refractivity contribution in [3.05, 3.63) is 40.6 Å². The molecule has 0 aliphatic carbocycles. The molecule has 1 saturated heterocycles. The van der Waals surface area contributed by atoms with Gasteiger partial charge in [0.25, 0.3) is 5.91 Å². The molecule has 0 aromatic carbocycles. The smallest absolute Gasteiger partial charge is 0.257 e. The number of amides is 1. The predicted molar refractivity (Wildman–Crippen MR) is 79.4 cm³/mol. The molecule has 0 unspecified atom stereocenters. The van der Waals surface area contributed by atoms with Crippen LogP contribution >= 0.6 is 0 Å². The van der Waals surface area contributed by atoms with Crippen molar-refractivity contribution in [2.75, 3.05) is 13.1 Å². The molecule has 112 valence electrons. The number of rotatable bonds is 2. The average Bonchev–Trinajstić information content (AvgIpc) is 3.08. The predicted octanol–water partition coefficient (Wildman–Crippen LogP) is 2.95. The molecular formula is C16H21N3O2. The minimum Gasteiger partial charge on any atom is -0.466 e. The van der Waals surface area contributed by atoms with Gasteiger partial charge in [0, 0.05) is 30.8 Å². The summed E-state index contributed by atoms with van der Waals surface area (Å²) < 4.78 is 5.59. The lowest BCUT2D eigenvalue weighted by atomic mass is 9.92. The Morgan fingerprint density at radius 2 is 2.19 bits per heavy atom. The maximum absolute atomic E-state index is 12.8. The van der Waals surface area contributed by atoms with Crippen molar-refractivity contribution in [2.45, 2.75) is 39.5 Å². The van der Waals surface area contributed by atoms with Crippen LogP contribution in [0.3, 0.4) is 0 Å². The topological polar surface area (TPSA) is 62.1 Å². The van der Waals surface area contributed by atoms with Crippen molar-refractivity contribution in [2.24, 2.45) is 0 Å². The fourth-order valence-electron chi connectivity index (χ4n) is 3.18. The number of furan rings is 1. The Labute approximate surface area is 124 Å². The molecule has 1 N–H and O–H groups in total. The Kier molecular flexibility index (Phi) is 3.57. The van der Waals surface area contributed by atoms with E-state index in [0.29, 0.717) is 5.92 Å². The zero-order valence-electron chi connectivity index (χ0n) is 12.8. The number of aryl methyl sites for hydroxylation is 2. The van der Waals surface area contributed by atoms with Gasteiger partial charge in [0.2, 0.25) is 0 Å². The third kappa shape index (κ3) is 2.48. The molecule has 1 fully saturated rings. The standard InChI is InChI=1S/C16H21N3O2/c1-10-11(2)21-12(3)15(10)16(20)19-6-4-5-13(9-19)14-7-17-18-8-14/h7-8,13H,4-6,9H2,1-3H3,(H,17,18)/t13-/m1/s1. The molecule has 5 heteroatoms. The van der Waals surface area contributed by atoms with E-state index in [4.69, 9.17) is 4.42 Å². The number of nitrogens with zero attached hydrogens (tertiary/aromatic N) is 2. The highest BCUT2D eigenvalue weighted by molar-refractivity contribution is 5.97. The van der Waals surface area contributed by atoms with Gasteiger partial charge in [-0.05, 0) is 39.2 Å². The van der Waals surface area contributed by atoms with Crippen molar-refractivity contribution in [3.8, 4) is 0 Å². The summed E-state index contributed by atoms with van der Waals surface area (Å²) in [6, 6.07) is 0. The van der Waals surface area contributed by atoms with E-state index in [1.165, 1.54) is 5.56 Å². The Hall–Kier alpha value is -2.04. The van der Waals surface area contributed by atoms with E-state index in [1.54, 1.807) is 0 Å². The van der Waals surface area contributed by atoms with Gasteiger partial charge in [-0.1, -0.05) is 0 Å². The highest BCUT2D eigenvalue weighted by Gasteiger charge is 2.29. The first kappa shape index (κ1) is 13.9. The molecular weight excluding hydrogens is 266 g/mol. The van der Waals surface area contributed by atoms with E-state index in [-0.39, 0.29) is 5.91 Å². The largest absolute Gasteiger partial charge is 0.466 e. The van der Waals surface area contributed by atoms with Crippen LogP contribution in [0.1, 0.15) is 51.8 Å². The first-order valence-corrected chi connectivity index (χ1v) is 7.42. The number of carbonyl (C=O) groups is 1. The molecule has 0 radical (unpaired) electrons. The number of H-pyrrole nitrogens is 1. The molecule has 2 aromatic rings. The van der Waals surface area contributed by atoms with Crippen LogP contribution in [0.25, 0.3) is 0 Å². The van der Waals surface area contributed by atoms with Gasteiger partial charge in [0.1, 0.15) is 11.5 Å². The van der Waals surface area contributed by atoms with Gasteiger partial charge < -0.3 is 9.32 Å². The first-order valence-electron chi connectivity index (χ1n) is 7.42. The molecule has 21 heavy (non-hydrogen) atoms. The minimum atomic E-state index is 0.0926. The maximum Gasteiger partial charge on any atom is 0.257 e. The number of likely N-dealkylation sites (tertiary alicyclic amines) is 1. The number of hydrogen-bond donors (Lipinski definition) is 1. The molecule has 1 aliphatic rings. The van der Waals surface area contributed by atoms with Crippen LogP contribution in [0.15, 0.2) is 16.8 Å². The van der Waals surface area contributed by atoms with Gasteiger partial charge in [-0.3, -0.25) is 9.89 Å². The van der Waals surface area contributed by atoms with Gasteiger partial charge in [-0.25, -0.2) is 0 Å². The molecule has 5 nitrogen and oxygen atoms in total. The van der Waals surface area contributed by atoms with Gasteiger partial charge in [-0.2, -0.15) is 5.10 Å². The van der Waals surface area contributed by atoms with Crippen LogP contribution in [0.5, 0.6) is 0 Å². The molecule has 3 heterocycles. The second-order valence-corrected chi connectivity index (χ2v) is 5.84. The number of aromatic amines is 1. The summed E-state index contributed by atoms with van der Waals surface area (Å²) in [5.41, 5.74) is 2.88. The summed E-state index contributed by atoms with van der Waals surface area (Å²) in [7, 11) is 0. The van der Waals surface area contributed by atoms with Gasteiger partial charge in [-0.15, -0.1) is 0 Å². The van der Waals surface area contributed by atoms with E-state index in [9.17, 15) is 4.79 Å². The van der Waals surface area contributed by atoms with Crippen LogP contribution < -0.4 is 0 Å². The molecule has 1 atom stereocenters. The van der Waals surface area contributed by atoms with Crippen LogP contribution in [0.2, 0.25) is 0 Å². The number of piperidine rings is 1. The number of aromatic nitrogens is 2. The van der Waals surface area contributed by atoms with Crippen LogP contribution in [-0.4, -0.2) is 34.1 Å². The molecule has 2 aromatic heterocycles. The summed E-state index contributed by atoms with van der Waals surface area (Å²) >= 11 is 0. The normalized spacial score (nSPS) is 19.0.